The molecule has 0 aliphatic rings. The summed E-state index contributed by atoms with van der Waals surface area (Å²) in [4.78, 5) is 0.723. The van der Waals surface area contributed by atoms with Crippen LogP contribution in [0.2, 0.25) is 5.02 Å². The number of halogens is 1. The fraction of sp³-hybridized carbons (Fsp3) is 0.0833. The fourth-order valence-electron chi connectivity index (χ4n) is 1.51. The van der Waals surface area contributed by atoms with Gasteiger partial charge in [-0.05, 0) is 36.8 Å². The lowest BCUT2D eigenvalue weighted by molar-refractivity contribution is 0.603. The van der Waals surface area contributed by atoms with Gasteiger partial charge in [-0.2, -0.15) is 0 Å². The lowest BCUT2D eigenvalue weighted by atomic mass is 10.2. The molecule has 0 spiro atoms. The first-order chi connectivity index (χ1) is 9.29. The summed E-state index contributed by atoms with van der Waals surface area (Å²) in [5.41, 5.74) is 6.72. The average Bonchev–Trinajstić information content (AvgIpc) is 2.84. The molecule has 1 heterocycles. The molecule has 106 valence electrons. The molecule has 0 atom stereocenters. The van der Waals surface area contributed by atoms with Crippen molar-refractivity contribution in [3.63, 3.8) is 0 Å². The minimum atomic E-state index is -3.70. The molecular weight excluding hydrogens is 336 g/mol. The molecule has 1 aromatic heterocycles. The lowest BCUT2D eigenvalue weighted by Gasteiger charge is -2.08. The number of hydrogen-bond acceptors (Lipinski definition) is 4. The molecule has 0 amide bonds. The van der Waals surface area contributed by atoms with Crippen molar-refractivity contribution in [2.75, 3.05) is 4.72 Å². The minimum absolute atomic E-state index is 0.137. The van der Waals surface area contributed by atoms with Crippen LogP contribution in [0, 0.1) is 6.92 Å². The third-order valence-corrected chi connectivity index (χ3v) is 6.11. The van der Waals surface area contributed by atoms with Gasteiger partial charge in [0, 0.05) is 0 Å². The summed E-state index contributed by atoms with van der Waals surface area (Å²) in [6.07, 6.45) is 0. The molecule has 3 N–H and O–H groups in total. The van der Waals surface area contributed by atoms with Crippen LogP contribution in [0.25, 0.3) is 0 Å². The molecule has 20 heavy (non-hydrogen) atoms. The molecule has 0 fully saturated rings. The van der Waals surface area contributed by atoms with E-state index in [0.717, 1.165) is 16.9 Å². The van der Waals surface area contributed by atoms with E-state index >= 15 is 0 Å². The van der Waals surface area contributed by atoms with Crippen LogP contribution in [0.4, 0.5) is 5.69 Å². The lowest BCUT2D eigenvalue weighted by Crippen LogP contribution is -2.12. The van der Waals surface area contributed by atoms with Gasteiger partial charge in [-0.25, -0.2) is 8.42 Å². The van der Waals surface area contributed by atoms with Crippen molar-refractivity contribution in [1.29, 1.82) is 0 Å². The van der Waals surface area contributed by atoms with Gasteiger partial charge in [0.15, 0.2) is 0 Å². The molecule has 2 aromatic rings. The molecule has 0 aliphatic carbocycles. The maximum Gasteiger partial charge on any atom is 0.271 e. The molecule has 1 aromatic carbocycles. The Balaban J connectivity index is 2.35. The Hall–Kier alpha value is -1.15. The minimum Gasteiger partial charge on any atom is -0.389 e. The molecule has 4 nitrogen and oxygen atoms in total. The molecule has 0 bridgehead atoms. The van der Waals surface area contributed by atoms with Crippen LogP contribution in [-0.4, -0.2) is 13.4 Å². The average molecular weight is 347 g/mol. The van der Waals surface area contributed by atoms with Gasteiger partial charge >= 0.3 is 0 Å². The van der Waals surface area contributed by atoms with Crippen molar-refractivity contribution in [3.05, 3.63) is 45.8 Å². The monoisotopic (exact) mass is 346 g/mol. The van der Waals surface area contributed by atoms with E-state index in [-0.39, 0.29) is 9.20 Å². The number of rotatable bonds is 4. The van der Waals surface area contributed by atoms with Gasteiger partial charge in [0.25, 0.3) is 10.0 Å². The third-order valence-electron chi connectivity index (χ3n) is 2.46. The molecule has 2 rings (SSSR count). The maximum absolute atomic E-state index is 12.3. The number of anilines is 1. The number of thiocarbonyl (C=S) groups is 1. The molecule has 0 radical (unpaired) electrons. The van der Waals surface area contributed by atoms with E-state index in [1.807, 2.05) is 6.92 Å². The summed E-state index contributed by atoms with van der Waals surface area (Å²) in [6, 6.07) is 8.16. The van der Waals surface area contributed by atoms with Gasteiger partial charge in [-0.3, -0.25) is 4.72 Å². The van der Waals surface area contributed by atoms with Crippen molar-refractivity contribution in [2.45, 2.75) is 11.1 Å². The van der Waals surface area contributed by atoms with Crippen molar-refractivity contribution in [3.8, 4) is 0 Å². The number of hydrogen-bond donors (Lipinski definition) is 2. The van der Waals surface area contributed by atoms with Gasteiger partial charge in [0.05, 0.1) is 15.6 Å². The highest BCUT2D eigenvalue weighted by Crippen LogP contribution is 2.28. The van der Waals surface area contributed by atoms with Crippen molar-refractivity contribution in [2.24, 2.45) is 5.73 Å². The largest absolute Gasteiger partial charge is 0.389 e. The Bertz CT molecular complexity index is 769. The van der Waals surface area contributed by atoms with Crippen LogP contribution < -0.4 is 10.5 Å². The Kier molecular flexibility index (Phi) is 4.33. The summed E-state index contributed by atoms with van der Waals surface area (Å²) in [5.74, 6) is 0. The molecule has 0 saturated carbocycles. The highest BCUT2D eigenvalue weighted by molar-refractivity contribution is 7.94. The third kappa shape index (κ3) is 3.29. The summed E-state index contributed by atoms with van der Waals surface area (Å²) >= 11 is 11.8. The van der Waals surface area contributed by atoms with Crippen LogP contribution in [0.3, 0.4) is 0 Å². The van der Waals surface area contributed by atoms with Crippen LogP contribution in [0.15, 0.2) is 34.5 Å². The second-order valence-corrected chi connectivity index (χ2v) is 7.91. The second kappa shape index (κ2) is 5.69. The van der Waals surface area contributed by atoms with E-state index in [2.05, 4.69) is 4.72 Å². The summed E-state index contributed by atoms with van der Waals surface area (Å²) in [7, 11) is -3.70. The quantitative estimate of drug-likeness (QED) is 0.834. The van der Waals surface area contributed by atoms with Crippen molar-refractivity contribution >= 4 is 55.9 Å². The Morgan fingerprint density at radius 1 is 1.35 bits per heavy atom. The Labute approximate surface area is 131 Å². The molecule has 0 unspecified atom stereocenters. The van der Waals surface area contributed by atoms with E-state index in [4.69, 9.17) is 29.6 Å². The SMILES string of the molecule is Cc1ccc(Cl)c(NS(=O)(=O)c2ccc(C(N)=S)s2)c1. The smallest absolute Gasteiger partial charge is 0.271 e. The highest BCUT2D eigenvalue weighted by atomic mass is 35.5. The van der Waals surface area contributed by atoms with Gasteiger partial charge in [0.2, 0.25) is 0 Å². The van der Waals surface area contributed by atoms with E-state index in [1.165, 1.54) is 6.07 Å². The van der Waals surface area contributed by atoms with E-state index in [0.29, 0.717) is 15.6 Å². The number of thiophene rings is 1. The summed E-state index contributed by atoms with van der Waals surface area (Å²) < 4.78 is 27.1. The van der Waals surface area contributed by atoms with Crippen molar-refractivity contribution in [1.82, 2.24) is 0 Å². The number of aryl methyl sites for hydroxylation is 1. The molecule has 0 aliphatic heterocycles. The summed E-state index contributed by atoms with van der Waals surface area (Å²) in [5, 5.41) is 0.338. The summed E-state index contributed by atoms with van der Waals surface area (Å²) in [6.45, 7) is 1.85. The zero-order valence-corrected chi connectivity index (χ0v) is 13.6. The number of nitrogens with one attached hydrogen (secondary N) is 1. The normalized spacial score (nSPS) is 11.3. The first-order valence-corrected chi connectivity index (χ1v) is 8.57. The van der Waals surface area contributed by atoms with Gasteiger partial charge in [0.1, 0.15) is 9.20 Å². The van der Waals surface area contributed by atoms with E-state index in [9.17, 15) is 8.42 Å². The standard InChI is InChI=1S/C12H11ClN2O2S3/c1-7-2-3-8(13)9(6-7)15-20(16,17)11-5-4-10(19-11)12(14)18/h2-6,15H,1H3,(H2,14,18). The zero-order chi connectivity index (χ0) is 14.9. The Morgan fingerprint density at radius 2 is 2.05 bits per heavy atom. The topological polar surface area (TPSA) is 72.2 Å². The van der Waals surface area contributed by atoms with Crippen LogP contribution >= 0.6 is 35.2 Å². The maximum atomic E-state index is 12.3. The van der Waals surface area contributed by atoms with Crippen LogP contribution in [-0.2, 0) is 10.0 Å². The first-order valence-electron chi connectivity index (χ1n) is 5.48. The number of nitrogens with two attached hydrogens (primary N) is 1. The molecule has 0 saturated heterocycles. The highest BCUT2D eigenvalue weighted by Gasteiger charge is 2.19. The second-order valence-electron chi connectivity index (χ2n) is 4.07. The fourth-order valence-corrected chi connectivity index (χ4v) is 4.15. The van der Waals surface area contributed by atoms with Crippen LogP contribution in [0.5, 0.6) is 0 Å². The van der Waals surface area contributed by atoms with Crippen molar-refractivity contribution < 1.29 is 8.42 Å². The van der Waals surface area contributed by atoms with Gasteiger partial charge < -0.3 is 5.73 Å². The van der Waals surface area contributed by atoms with E-state index in [1.54, 1.807) is 24.3 Å². The van der Waals surface area contributed by atoms with Gasteiger partial charge in [-0.15, -0.1) is 11.3 Å². The first kappa shape index (κ1) is 15.2. The Morgan fingerprint density at radius 3 is 2.65 bits per heavy atom. The number of benzene rings is 1. The number of sulfonamides is 1. The van der Waals surface area contributed by atoms with E-state index < -0.39 is 10.0 Å². The van der Waals surface area contributed by atoms with Gasteiger partial charge in [-0.1, -0.05) is 29.9 Å². The predicted octanol–water partition coefficient (Wildman–Crippen LogP) is 3.14. The molecule has 8 heteroatoms. The van der Waals surface area contributed by atoms with Crippen LogP contribution in [0.1, 0.15) is 10.4 Å². The zero-order valence-electron chi connectivity index (χ0n) is 10.4. The molecular formula is C12H11ClN2O2S3. The predicted molar refractivity (Wildman–Crippen MR) is 87.2 cm³/mol.